The molecule has 128 valence electrons. The second kappa shape index (κ2) is 10.0. The summed E-state index contributed by atoms with van der Waals surface area (Å²) in [6.45, 7) is 6.27. The van der Waals surface area contributed by atoms with Gasteiger partial charge in [-0.1, -0.05) is 13.8 Å². The Labute approximate surface area is 139 Å². The van der Waals surface area contributed by atoms with E-state index in [9.17, 15) is 14.9 Å². The zero-order valence-corrected chi connectivity index (χ0v) is 14.3. The maximum Gasteiger partial charge on any atom is 0.406 e. The van der Waals surface area contributed by atoms with E-state index >= 15 is 0 Å². The van der Waals surface area contributed by atoms with E-state index in [1.807, 2.05) is 0 Å². The minimum absolute atomic E-state index is 0.0214. The molecule has 9 heteroatoms. The highest BCUT2D eigenvalue weighted by molar-refractivity contribution is 7.97. The van der Waals surface area contributed by atoms with Crippen molar-refractivity contribution in [3.05, 3.63) is 28.6 Å². The molecular weight excluding hydrogens is 320 g/mol. The molecule has 1 aromatic heterocycles. The second-order valence-corrected chi connectivity index (χ2v) is 6.45. The van der Waals surface area contributed by atoms with E-state index in [1.54, 1.807) is 6.20 Å². The van der Waals surface area contributed by atoms with Crippen LogP contribution in [0.25, 0.3) is 0 Å². The van der Waals surface area contributed by atoms with Gasteiger partial charge in [0.25, 0.3) is 5.69 Å². The summed E-state index contributed by atoms with van der Waals surface area (Å²) in [5.41, 5.74) is -0.0214. The molecule has 1 heterocycles. The number of hydrogen-bond acceptors (Lipinski definition) is 7. The lowest BCUT2D eigenvalue weighted by Crippen LogP contribution is -2.28. The number of amides is 1. The summed E-state index contributed by atoms with van der Waals surface area (Å²) in [4.78, 5) is 26.0. The van der Waals surface area contributed by atoms with Gasteiger partial charge in [-0.15, -0.1) is 0 Å². The van der Waals surface area contributed by atoms with Crippen molar-refractivity contribution in [2.45, 2.75) is 25.2 Å². The Morgan fingerprint density at radius 2 is 2.26 bits per heavy atom. The Bertz CT molecular complexity index is 527. The van der Waals surface area contributed by atoms with Crippen LogP contribution in [0.4, 0.5) is 10.5 Å². The summed E-state index contributed by atoms with van der Waals surface area (Å²) < 4.78 is 6.63. The maximum atomic E-state index is 11.0. The molecule has 1 N–H and O–H groups in total. The molecule has 0 aromatic carbocycles. The topological polar surface area (TPSA) is 97.6 Å². The Balaban J connectivity index is 2.58. The van der Waals surface area contributed by atoms with Gasteiger partial charge in [0.05, 0.1) is 12.0 Å². The van der Waals surface area contributed by atoms with Crippen LogP contribution in [0.3, 0.4) is 0 Å². The average Bonchev–Trinajstić information content (AvgIpc) is 2.50. The highest BCUT2D eigenvalue weighted by Gasteiger charge is 2.13. The molecule has 0 unspecified atom stereocenters. The fourth-order valence-corrected chi connectivity index (χ4v) is 2.98. The zero-order chi connectivity index (χ0) is 17.2. The Kier molecular flexibility index (Phi) is 8.35. The van der Waals surface area contributed by atoms with Crippen molar-refractivity contribution in [3.63, 3.8) is 0 Å². The van der Waals surface area contributed by atoms with Crippen LogP contribution in [0.15, 0.2) is 23.4 Å². The van der Waals surface area contributed by atoms with Gasteiger partial charge in [-0.25, -0.2) is 9.10 Å². The lowest BCUT2D eigenvalue weighted by atomic mass is 10.2. The van der Waals surface area contributed by atoms with Crippen LogP contribution in [0.1, 0.15) is 20.3 Å². The van der Waals surface area contributed by atoms with E-state index in [0.717, 1.165) is 24.4 Å². The summed E-state index contributed by atoms with van der Waals surface area (Å²) in [5, 5.41) is 13.4. The van der Waals surface area contributed by atoms with Gasteiger partial charge in [0.1, 0.15) is 6.20 Å². The van der Waals surface area contributed by atoms with Crippen LogP contribution in [0.5, 0.6) is 0 Å². The number of nitrogens with zero attached hydrogens (tertiary/aromatic N) is 3. The fourth-order valence-electron chi connectivity index (χ4n) is 1.81. The summed E-state index contributed by atoms with van der Waals surface area (Å²) >= 11 is 1.44. The third-order valence-electron chi connectivity index (χ3n) is 2.75. The molecule has 1 rings (SSSR count). The highest BCUT2D eigenvalue weighted by Crippen LogP contribution is 2.26. The molecule has 0 saturated heterocycles. The van der Waals surface area contributed by atoms with Gasteiger partial charge in [-0.05, 0) is 24.3 Å². The average molecular weight is 342 g/mol. The van der Waals surface area contributed by atoms with Crippen LogP contribution in [0.2, 0.25) is 0 Å². The number of hydrogen-bond donors (Lipinski definition) is 1. The molecule has 8 nitrogen and oxygen atoms in total. The SMILES string of the molecule is COC(=O)NCCCN(CC(C)C)Sc1cncc([N+](=O)[O-])c1. The molecule has 0 radical (unpaired) electrons. The number of methoxy groups -OCH3 is 1. The first-order valence-corrected chi connectivity index (χ1v) is 8.04. The Hall–Kier alpha value is -1.87. The molecule has 23 heavy (non-hydrogen) atoms. The standard InChI is InChI=1S/C14H22N4O4S/c1-11(2)10-17(6-4-5-16-14(19)22-3)23-13-7-12(18(20)21)8-15-9-13/h7-9,11H,4-6,10H2,1-3H3,(H,16,19). The van der Waals surface area contributed by atoms with Crippen molar-refractivity contribution in [3.8, 4) is 0 Å². The molecule has 0 atom stereocenters. The van der Waals surface area contributed by atoms with Crippen molar-refractivity contribution in [2.75, 3.05) is 26.7 Å². The van der Waals surface area contributed by atoms with E-state index in [1.165, 1.54) is 31.3 Å². The van der Waals surface area contributed by atoms with E-state index in [2.05, 4.69) is 33.2 Å². The van der Waals surface area contributed by atoms with Gasteiger partial charge in [0.15, 0.2) is 0 Å². The van der Waals surface area contributed by atoms with Crippen LogP contribution < -0.4 is 5.32 Å². The second-order valence-electron chi connectivity index (χ2n) is 5.28. The van der Waals surface area contributed by atoms with E-state index in [0.29, 0.717) is 12.5 Å². The molecule has 0 aliphatic heterocycles. The Morgan fingerprint density at radius 1 is 1.52 bits per heavy atom. The van der Waals surface area contributed by atoms with E-state index in [-0.39, 0.29) is 5.69 Å². The van der Waals surface area contributed by atoms with Crippen LogP contribution in [-0.4, -0.2) is 47.0 Å². The monoisotopic (exact) mass is 342 g/mol. The molecule has 0 aliphatic carbocycles. The lowest BCUT2D eigenvalue weighted by Gasteiger charge is -2.22. The first kappa shape index (κ1) is 19.2. The van der Waals surface area contributed by atoms with E-state index in [4.69, 9.17) is 0 Å². The molecule has 0 fully saturated rings. The minimum Gasteiger partial charge on any atom is -0.453 e. The summed E-state index contributed by atoms with van der Waals surface area (Å²) in [6.07, 6.45) is 3.14. The van der Waals surface area contributed by atoms with Crippen molar-refractivity contribution in [1.29, 1.82) is 0 Å². The smallest absolute Gasteiger partial charge is 0.406 e. The quantitative estimate of drug-likeness (QED) is 0.319. The molecule has 0 spiro atoms. The van der Waals surface area contributed by atoms with Gasteiger partial charge in [0, 0.05) is 36.8 Å². The number of ether oxygens (including phenoxy) is 1. The number of pyridine rings is 1. The maximum absolute atomic E-state index is 11.0. The predicted molar refractivity (Wildman–Crippen MR) is 88.2 cm³/mol. The normalized spacial score (nSPS) is 10.8. The molecule has 1 aromatic rings. The molecule has 0 aliphatic rings. The van der Waals surface area contributed by atoms with E-state index < -0.39 is 11.0 Å². The minimum atomic E-state index is -0.454. The predicted octanol–water partition coefficient (Wildman–Crippen LogP) is 2.70. The van der Waals surface area contributed by atoms with Crippen LogP contribution in [-0.2, 0) is 4.74 Å². The van der Waals surface area contributed by atoms with Gasteiger partial charge >= 0.3 is 6.09 Å². The number of aromatic nitrogens is 1. The van der Waals surface area contributed by atoms with Gasteiger partial charge in [-0.3, -0.25) is 15.1 Å². The highest BCUT2D eigenvalue weighted by atomic mass is 32.2. The fraction of sp³-hybridized carbons (Fsp3) is 0.571. The first-order chi connectivity index (χ1) is 10.9. The van der Waals surface area contributed by atoms with Crippen molar-refractivity contribution >= 4 is 23.7 Å². The van der Waals surface area contributed by atoms with Crippen LogP contribution in [0, 0.1) is 16.0 Å². The summed E-state index contributed by atoms with van der Waals surface area (Å²) in [6, 6.07) is 1.51. The summed E-state index contributed by atoms with van der Waals surface area (Å²) in [7, 11) is 1.32. The zero-order valence-electron chi connectivity index (χ0n) is 13.5. The van der Waals surface area contributed by atoms with Crippen molar-refractivity contribution in [2.24, 2.45) is 5.92 Å². The first-order valence-electron chi connectivity index (χ1n) is 7.26. The number of rotatable bonds is 9. The third-order valence-corrected chi connectivity index (χ3v) is 3.78. The number of alkyl carbamates (subject to hydrolysis) is 1. The molecular formula is C14H22N4O4S. The Morgan fingerprint density at radius 3 is 2.87 bits per heavy atom. The van der Waals surface area contributed by atoms with Gasteiger partial charge < -0.3 is 10.1 Å². The van der Waals surface area contributed by atoms with Crippen LogP contribution >= 0.6 is 11.9 Å². The van der Waals surface area contributed by atoms with Crippen molar-refractivity contribution in [1.82, 2.24) is 14.6 Å². The third kappa shape index (κ3) is 7.80. The summed E-state index contributed by atoms with van der Waals surface area (Å²) in [5.74, 6) is 0.447. The molecule has 0 saturated carbocycles. The largest absolute Gasteiger partial charge is 0.453 e. The lowest BCUT2D eigenvalue weighted by molar-refractivity contribution is -0.385. The molecule has 1 amide bonds. The number of nitrogens with one attached hydrogen (secondary N) is 1. The number of carbonyl (C=O) groups is 1. The number of nitro groups is 1. The van der Waals surface area contributed by atoms with Gasteiger partial charge in [-0.2, -0.15) is 0 Å². The van der Waals surface area contributed by atoms with Gasteiger partial charge in [0.2, 0.25) is 0 Å². The molecule has 0 bridgehead atoms. The number of carbonyl (C=O) groups excluding carboxylic acids is 1. The van der Waals surface area contributed by atoms with Crippen molar-refractivity contribution < 1.29 is 14.5 Å².